The van der Waals surface area contributed by atoms with Gasteiger partial charge in [0, 0.05) is 25.4 Å². The van der Waals surface area contributed by atoms with E-state index in [-0.39, 0.29) is 5.78 Å². The van der Waals surface area contributed by atoms with Gasteiger partial charge in [-0.2, -0.15) is 5.10 Å². The number of Topliss-reactive ketones (excluding diaryl/α,β-unsaturated/α-hetero) is 1. The zero-order chi connectivity index (χ0) is 7.56. The standard InChI is InChI=1S/C7H10N2O/c1-6(10)5-7-3-4-8-9(7)2/h3-4H,5H2,1-2H3. The average molecular weight is 138 g/mol. The van der Waals surface area contributed by atoms with Gasteiger partial charge in [-0.25, -0.2) is 0 Å². The molecule has 0 aliphatic heterocycles. The first-order valence-corrected chi connectivity index (χ1v) is 3.16. The minimum atomic E-state index is 0.170. The van der Waals surface area contributed by atoms with Gasteiger partial charge in [0.15, 0.2) is 0 Å². The molecule has 3 nitrogen and oxygen atoms in total. The Labute approximate surface area is 59.7 Å². The van der Waals surface area contributed by atoms with E-state index in [4.69, 9.17) is 0 Å². The van der Waals surface area contributed by atoms with Crippen molar-refractivity contribution >= 4 is 5.78 Å². The van der Waals surface area contributed by atoms with Crippen LogP contribution in [0.3, 0.4) is 0 Å². The van der Waals surface area contributed by atoms with Gasteiger partial charge in [-0.05, 0) is 13.0 Å². The molecular formula is C7H10N2O. The Morgan fingerprint density at radius 2 is 2.50 bits per heavy atom. The minimum Gasteiger partial charge on any atom is -0.300 e. The summed E-state index contributed by atoms with van der Waals surface area (Å²) in [6.45, 7) is 1.58. The number of hydrogen-bond donors (Lipinski definition) is 0. The van der Waals surface area contributed by atoms with Crippen LogP contribution in [0.15, 0.2) is 12.3 Å². The molecule has 0 radical (unpaired) electrons. The smallest absolute Gasteiger partial charge is 0.135 e. The molecule has 0 aromatic carbocycles. The van der Waals surface area contributed by atoms with Crippen molar-refractivity contribution in [3.8, 4) is 0 Å². The van der Waals surface area contributed by atoms with E-state index in [1.165, 1.54) is 0 Å². The van der Waals surface area contributed by atoms with Gasteiger partial charge in [0.2, 0.25) is 0 Å². The first-order valence-electron chi connectivity index (χ1n) is 3.16. The summed E-state index contributed by atoms with van der Waals surface area (Å²) in [5.74, 6) is 0.170. The number of aryl methyl sites for hydroxylation is 1. The molecule has 54 valence electrons. The Morgan fingerprint density at radius 3 is 2.90 bits per heavy atom. The van der Waals surface area contributed by atoms with E-state index in [9.17, 15) is 4.79 Å². The second-order valence-electron chi connectivity index (χ2n) is 2.32. The lowest BCUT2D eigenvalue weighted by molar-refractivity contribution is -0.116. The second kappa shape index (κ2) is 2.64. The van der Waals surface area contributed by atoms with E-state index in [1.807, 2.05) is 13.1 Å². The molecule has 0 aliphatic carbocycles. The lowest BCUT2D eigenvalue weighted by Gasteiger charge is -1.95. The van der Waals surface area contributed by atoms with E-state index >= 15 is 0 Å². The molecule has 3 heteroatoms. The fourth-order valence-corrected chi connectivity index (χ4v) is 0.830. The number of carbonyl (C=O) groups excluding carboxylic acids is 1. The molecule has 0 atom stereocenters. The van der Waals surface area contributed by atoms with Crippen molar-refractivity contribution in [2.75, 3.05) is 0 Å². The summed E-state index contributed by atoms with van der Waals surface area (Å²) in [6, 6.07) is 1.85. The quantitative estimate of drug-likeness (QED) is 0.598. The van der Waals surface area contributed by atoms with Crippen LogP contribution in [0.1, 0.15) is 12.6 Å². The van der Waals surface area contributed by atoms with Crippen molar-refractivity contribution in [1.82, 2.24) is 9.78 Å². The minimum absolute atomic E-state index is 0.170. The highest BCUT2D eigenvalue weighted by molar-refractivity contribution is 5.77. The van der Waals surface area contributed by atoms with Crippen molar-refractivity contribution in [3.05, 3.63) is 18.0 Å². The van der Waals surface area contributed by atoms with Crippen LogP contribution in [0.5, 0.6) is 0 Å². The number of ketones is 1. The fraction of sp³-hybridized carbons (Fsp3) is 0.429. The topological polar surface area (TPSA) is 34.9 Å². The first kappa shape index (κ1) is 6.99. The number of hydrogen-bond acceptors (Lipinski definition) is 2. The van der Waals surface area contributed by atoms with Crippen LogP contribution in [-0.4, -0.2) is 15.6 Å². The van der Waals surface area contributed by atoms with Crippen LogP contribution in [0.2, 0.25) is 0 Å². The van der Waals surface area contributed by atoms with E-state index in [0.717, 1.165) is 5.69 Å². The maximum absolute atomic E-state index is 10.6. The van der Waals surface area contributed by atoms with Crippen molar-refractivity contribution in [3.63, 3.8) is 0 Å². The third-order valence-electron chi connectivity index (χ3n) is 1.35. The molecule has 1 aromatic heterocycles. The van der Waals surface area contributed by atoms with E-state index in [0.29, 0.717) is 6.42 Å². The number of nitrogens with zero attached hydrogens (tertiary/aromatic N) is 2. The maximum atomic E-state index is 10.6. The summed E-state index contributed by atoms with van der Waals surface area (Å²) in [5.41, 5.74) is 0.965. The summed E-state index contributed by atoms with van der Waals surface area (Å²) < 4.78 is 1.71. The molecular weight excluding hydrogens is 128 g/mol. The SMILES string of the molecule is CC(=O)Cc1ccnn1C. The van der Waals surface area contributed by atoms with Crippen LogP contribution in [-0.2, 0) is 18.3 Å². The Bertz CT molecular complexity index is 240. The summed E-state index contributed by atoms with van der Waals surface area (Å²) in [4.78, 5) is 10.6. The van der Waals surface area contributed by atoms with Crippen LogP contribution >= 0.6 is 0 Å². The lowest BCUT2D eigenvalue weighted by atomic mass is 10.2. The predicted octanol–water partition coefficient (Wildman–Crippen LogP) is 0.552. The van der Waals surface area contributed by atoms with Crippen LogP contribution in [0.4, 0.5) is 0 Å². The summed E-state index contributed by atoms with van der Waals surface area (Å²) in [5, 5.41) is 3.93. The third-order valence-corrected chi connectivity index (χ3v) is 1.35. The first-order chi connectivity index (χ1) is 4.70. The molecule has 0 saturated heterocycles. The number of aromatic nitrogens is 2. The van der Waals surface area contributed by atoms with Gasteiger partial charge >= 0.3 is 0 Å². The number of rotatable bonds is 2. The third kappa shape index (κ3) is 1.43. The molecule has 0 saturated carbocycles. The fourth-order valence-electron chi connectivity index (χ4n) is 0.830. The zero-order valence-electron chi connectivity index (χ0n) is 6.16. The van der Waals surface area contributed by atoms with E-state index in [1.54, 1.807) is 17.8 Å². The van der Waals surface area contributed by atoms with Crippen molar-refractivity contribution in [2.24, 2.45) is 7.05 Å². The summed E-state index contributed by atoms with van der Waals surface area (Å²) in [6.07, 6.45) is 2.18. The molecule has 0 aliphatic rings. The Kier molecular flexibility index (Phi) is 1.85. The highest BCUT2D eigenvalue weighted by Gasteiger charge is 1.99. The summed E-state index contributed by atoms with van der Waals surface area (Å²) >= 11 is 0. The highest BCUT2D eigenvalue weighted by Crippen LogP contribution is 1.96. The highest BCUT2D eigenvalue weighted by atomic mass is 16.1. The molecule has 0 spiro atoms. The Balaban J connectivity index is 2.74. The second-order valence-corrected chi connectivity index (χ2v) is 2.32. The molecule has 1 aromatic rings. The van der Waals surface area contributed by atoms with Gasteiger partial charge in [0.05, 0.1) is 0 Å². The Morgan fingerprint density at radius 1 is 1.80 bits per heavy atom. The molecule has 0 unspecified atom stereocenters. The zero-order valence-corrected chi connectivity index (χ0v) is 6.16. The molecule has 0 fully saturated rings. The van der Waals surface area contributed by atoms with Gasteiger partial charge in [-0.1, -0.05) is 0 Å². The van der Waals surface area contributed by atoms with Crippen LogP contribution in [0, 0.1) is 0 Å². The van der Waals surface area contributed by atoms with Crippen molar-refractivity contribution < 1.29 is 4.79 Å². The van der Waals surface area contributed by atoms with Crippen molar-refractivity contribution in [2.45, 2.75) is 13.3 Å². The predicted molar refractivity (Wildman–Crippen MR) is 37.6 cm³/mol. The molecule has 0 amide bonds. The van der Waals surface area contributed by atoms with E-state index < -0.39 is 0 Å². The summed E-state index contributed by atoms with van der Waals surface area (Å²) in [7, 11) is 1.83. The number of carbonyl (C=O) groups is 1. The van der Waals surface area contributed by atoms with Crippen LogP contribution < -0.4 is 0 Å². The van der Waals surface area contributed by atoms with Crippen molar-refractivity contribution in [1.29, 1.82) is 0 Å². The molecule has 0 N–H and O–H groups in total. The van der Waals surface area contributed by atoms with Gasteiger partial charge in [0.1, 0.15) is 5.78 Å². The maximum Gasteiger partial charge on any atom is 0.135 e. The average Bonchev–Trinajstić information content (AvgIpc) is 2.15. The van der Waals surface area contributed by atoms with Gasteiger partial charge < -0.3 is 0 Å². The van der Waals surface area contributed by atoms with Gasteiger partial charge in [0.25, 0.3) is 0 Å². The normalized spacial score (nSPS) is 9.80. The molecule has 0 bridgehead atoms. The van der Waals surface area contributed by atoms with Crippen LogP contribution in [0.25, 0.3) is 0 Å². The van der Waals surface area contributed by atoms with E-state index in [2.05, 4.69) is 5.10 Å². The molecule has 1 heterocycles. The van der Waals surface area contributed by atoms with Gasteiger partial charge in [-0.3, -0.25) is 9.48 Å². The monoisotopic (exact) mass is 138 g/mol. The van der Waals surface area contributed by atoms with Gasteiger partial charge in [-0.15, -0.1) is 0 Å². The Hall–Kier alpha value is -1.12. The lowest BCUT2D eigenvalue weighted by Crippen LogP contribution is -2.03. The molecule has 10 heavy (non-hydrogen) atoms. The largest absolute Gasteiger partial charge is 0.300 e. The molecule has 1 rings (SSSR count).